The zero-order valence-corrected chi connectivity index (χ0v) is 13.2. The third-order valence-corrected chi connectivity index (χ3v) is 3.88. The smallest absolute Gasteiger partial charge is 0.304 e. The number of carbonyl (C=O) groups excluding carboxylic acids is 1. The van der Waals surface area contributed by atoms with Crippen molar-refractivity contribution in [3.05, 3.63) is 23.8 Å². The van der Waals surface area contributed by atoms with Gasteiger partial charge >= 0.3 is 5.97 Å². The Morgan fingerprint density at radius 1 is 1.20 bits per heavy atom. The molecule has 0 aliphatic heterocycles. The Labute approximate surface area is 122 Å². The average Bonchev–Trinajstić information content (AvgIpc) is 2.37. The van der Waals surface area contributed by atoms with E-state index in [1.54, 1.807) is 0 Å². The summed E-state index contributed by atoms with van der Waals surface area (Å²) in [5, 5.41) is 8.95. The second-order valence-electron chi connectivity index (χ2n) is 5.43. The number of aliphatic carboxylic acids is 1. The zero-order chi connectivity index (χ0) is 15.7. The molecule has 20 heavy (non-hydrogen) atoms. The van der Waals surface area contributed by atoms with Crippen molar-refractivity contribution < 1.29 is 14.7 Å². The van der Waals surface area contributed by atoms with Gasteiger partial charge in [-0.3, -0.25) is 9.59 Å². The molecule has 1 N–H and O–H groups in total. The van der Waals surface area contributed by atoms with Gasteiger partial charge < -0.3 is 5.11 Å². The minimum absolute atomic E-state index is 0.0288. The van der Waals surface area contributed by atoms with Crippen molar-refractivity contribution in [1.29, 1.82) is 0 Å². The molecule has 0 saturated heterocycles. The third-order valence-electron chi connectivity index (χ3n) is 3.88. The largest absolute Gasteiger partial charge is 0.481 e. The van der Waals surface area contributed by atoms with Crippen molar-refractivity contribution in [1.82, 2.24) is 0 Å². The van der Waals surface area contributed by atoms with Gasteiger partial charge in [0.25, 0.3) is 0 Å². The molecule has 3 nitrogen and oxygen atoms in total. The van der Waals surface area contributed by atoms with E-state index in [2.05, 4.69) is 26.5 Å². The SMILES string of the molecule is C=C(CC/C=C(/C)CC)C(CC)C(CC(=O)O)C(C)=O. The number of hydrogen-bond acceptors (Lipinski definition) is 2. The van der Waals surface area contributed by atoms with Gasteiger partial charge in [0.05, 0.1) is 6.42 Å². The lowest BCUT2D eigenvalue weighted by Gasteiger charge is -2.25. The first-order chi connectivity index (χ1) is 9.33. The van der Waals surface area contributed by atoms with Crippen molar-refractivity contribution >= 4 is 11.8 Å². The first-order valence-corrected chi connectivity index (χ1v) is 7.38. The number of carboxylic acid groups (broad SMARTS) is 1. The van der Waals surface area contributed by atoms with Crippen LogP contribution >= 0.6 is 0 Å². The maximum Gasteiger partial charge on any atom is 0.304 e. The third kappa shape index (κ3) is 6.69. The molecule has 0 fully saturated rings. The van der Waals surface area contributed by atoms with Crippen molar-refractivity contribution in [2.45, 2.75) is 59.8 Å². The number of carboxylic acids is 1. The molecule has 0 rings (SSSR count). The second-order valence-corrected chi connectivity index (χ2v) is 5.43. The molecule has 0 aromatic rings. The van der Waals surface area contributed by atoms with Crippen LogP contribution in [0.5, 0.6) is 0 Å². The van der Waals surface area contributed by atoms with Crippen LogP contribution in [0.1, 0.15) is 59.8 Å². The fourth-order valence-electron chi connectivity index (χ4n) is 2.45. The zero-order valence-electron chi connectivity index (χ0n) is 13.2. The topological polar surface area (TPSA) is 54.4 Å². The minimum Gasteiger partial charge on any atom is -0.481 e. The molecule has 0 bridgehead atoms. The number of hydrogen-bond donors (Lipinski definition) is 1. The van der Waals surface area contributed by atoms with Gasteiger partial charge in [-0.15, -0.1) is 0 Å². The van der Waals surface area contributed by atoms with E-state index in [1.807, 2.05) is 6.92 Å². The van der Waals surface area contributed by atoms with Gasteiger partial charge in [0.15, 0.2) is 0 Å². The molecule has 0 aromatic carbocycles. The van der Waals surface area contributed by atoms with E-state index in [4.69, 9.17) is 5.11 Å². The van der Waals surface area contributed by atoms with Gasteiger partial charge in [0.2, 0.25) is 0 Å². The average molecular weight is 280 g/mol. The maximum absolute atomic E-state index is 11.7. The lowest BCUT2D eigenvalue weighted by atomic mass is 9.79. The summed E-state index contributed by atoms with van der Waals surface area (Å²) >= 11 is 0. The predicted octanol–water partition coefficient (Wildman–Crippen LogP) is 4.39. The molecule has 0 radical (unpaired) electrons. The fraction of sp³-hybridized carbons (Fsp3) is 0.647. The number of Topliss-reactive ketones (excluding diaryl/α,β-unsaturated/α-hetero) is 1. The number of rotatable bonds is 10. The van der Waals surface area contributed by atoms with Crippen molar-refractivity contribution in [2.24, 2.45) is 11.8 Å². The summed E-state index contributed by atoms with van der Waals surface area (Å²) in [6, 6.07) is 0. The van der Waals surface area contributed by atoms with Crippen molar-refractivity contribution in [2.75, 3.05) is 0 Å². The molecular formula is C17H28O3. The molecule has 0 aliphatic carbocycles. The van der Waals surface area contributed by atoms with Crippen molar-refractivity contribution in [3.8, 4) is 0 Å². The summed E-state index contributed by atoms with van der Waals surface area (Å²) in [7, 11) is 0. The summed E-state index contributed by atoms with van der Waals surface area (Å²) in [5.41, 5.74) is 2.34. The molecular weight excluding hydrogens is 252 g/mol. The summed E-state index contributed by atoms with van der Waals surface area (Å²) in [4.78, 5) is 22.6. The summed E-state index contributed by atoms with van der Waals surface area (Å²) < 4.78 is 0. The highest BCUT2D eigenvalue weighted by Gasteiger charge is 2.28. The minimum atomic E-state index is -0.918. The first-order valence-electron chi connectivity index (χ1n) is 7.38. The maximum atomic E-state index is 11.7. The highest BCUT2D eigenvalue weighted by molar-refractivity contribution is 5.83. The standard InChI is InChI=1S/C17H28O3/c1-6-12(3)9-8-10-13(4)15(7-2)16(14(5)18)11-17(19)20/h9,15-16H,4,6-8,10-11H2,1-3,5H3,(H,19,20)/b12-9-. The molecule has 0 aliphatic rings. The Morgan fingerprint density at radius 3 is 2.20 bits per heavy atom. The quantitative estimate of drug-likeness (QED) is 0.604. The molecule has 2 atom stereocenters. The van der Waals surface area contributed by atoms with Crippen LogP contribution in [0.15, 0.2) is 23.8 Å². The predicted molar refractivity (Wildman–Crippen MR) is 82.6 cm³/mol. The molecule has 2 unspecified atom stereocenters. The Kier molecular flexibility index (Phi) is 8.86. The fourth-order valence-corrected chi connectivity index (χ4v) is 2.45. The van der Waals surface area contributed by atoms with Crippen LogP contribution in [-0.2, 0) is 9.59 Å². The van der Waals surface area contributed by atoms with E-state index in [-0.39, 0.29) is 18.1 Å². The van der Waals surface area contributed by atoms with Gasteiger partial charge in [-0.05, 0) is 45.4 Å². The molecule has 0 amide bonds. The van der Waals surface area contributed by atoms with Crippen LogP contribution < -0.4 is 0 Å². The first kappa shape index (κ1) is 18.6. The molecule has 3 heteroatoms. The van der Waals surface area contributed by atoms with Gasteiger partial charge in [-0.2, -0.15) is 0 Å². The van der Waals surface area contributed by atoms with Crippen LogP contribution in [0.4, 0.5) is 0 Å². The van der Waals surface area contributed by atoms with E-state index in [0.717, 1.165) is 31.3 Å². The number of ketones is 1. The van der Waals surface area contributed by atoms with Gasteiger partial charge in [-0.25, -0.2) is 0 Å². The highest BCUT2D eigenvalue weighted by atomic mass is 16.4. The normalized spacial score (nSPS) is 14.7. The monoisotopic (exact) mass is 280 g/mol. The molecule has 0 heterocycles. The molecule has 0 spiro atoms. The summed E-state index contributed by atoms with van der Waals surface area (Å²) in [5.74, 6) is -1.45. The van der Waals surface area contributed by atoms with E-state index in [9.17, 15) is 9.59 Å². The number of allylic oxidation sites excluding steroid dienone is 3. The summed E-state index contributed by atoms with van der Waals surface area (Å²) in [6.07, 6.45) is 5.62. The van der Waals surface area contributed by atoms with E-state index in [1.165, 1.54) is 12.5 Å². The Hall–Kier alpha value is -1.38. The van der Waals surface area contributed by atoms with Crippen LogP contribution in [0, 0.1) is 11.8 Å². The van der Waals surface area contributed by atoms with E-state index in [0.29, 0.717) is 0 Å². The Morgan fingerprint density at radius 2 is 1.80 bits per heavy atom. The molecule has 0 aromatic heterocycles. The summed E-state index contributed by atoms with van der Waals surface area (Å²) in [6.45, 7) is 11.8. The Balaban J connectivity index is 4.73. The van der Waals surface area contributed by atoms with Crippen LogP contribution in [0.2, 0.25) is 0 Å². The van der Waals surface area contributed by atoms with E-state index < -0.39 is 11.9 Å². The van der Waals surface area contributed by atoms with Crippen LogP contribution in [0.3, 0.4) is 0 Å². The lowest BCUT2D eigenvalue weighted by molar-refractivity contribution is -0.141. The van der Waals surface area contributed by atoms with Gasteiger partial charge in [0, 0.05) is 5.92 Å². The Bertz CT molecular complexity index is 380. The number of carbonyl (C=O) groups is 2. The lowest BCUT2D eigenvalue weighted by Crippen LogP contribution is -2.25. The van der Waals surface area contributed by atoms with Gasteiger partial charge in [-0.1, -0.05) is 37.6 Å². The molecule has 0 saturated carbocycles. The van der Waals surface area contributed by atoms with Crippen molar-refractivity contribution in [3.63, 3.8) is 0 Å². The molecule has 114 valence electrons. The van der Waals surface area contributed by atoms with Crippen LogP contribution in [0.25, 0.3) is 0 Å². The van der Waals surface area contributed by atoms with Crippen LogP contribution in [-0.4, -0.2) is 16.9 Å². The van der Waals surface area contributed by atoms with Gasteiger partial charge in [0.1, 0.15) is 5.78 Å². The second kappa shape index (κ2) is 9.51. The highest BCUT2D eigenvalue weighted by Crippen LogP contribution is 2.29. The van der Waals surface area contributed by atoms with E-state index >= 15 is 0 Å².